The molecule has 0 N–H and O–H groups in total. The third kappa shape index (κ3) is 3.28. The van der Waals surface area contributed by atoms with Crippen molar-refractivity contribution in [3.05, 3.63) is 23.0 Å². The number of halogens is 1. The molecule has 2 rings (SSSR count). The lowest BCUT2D eigenvalue weighted by Gasteiger charge is -2.25. The number of carbonyl (C=O) groups excluding carboxylic acids is 1. The van der Waals surface area contributed by atoms with Gasteiger partial charge in [0.05, 0.1) is 5.38 Å². The monoisotopic (exact) mass is 295 g/mol. The highest BCUT2D eigenvalue weighted by Crippen LogP contribution is 2.31. The van der Waals surface area contributed by atoms with Crippen molar-refractivity contribution in [3.8, 4) is 0 Å². The maximum absolute atomic E-state index is 12.2. The molecule has 1 aromatic rings. The molecule has 1 heterocycles. The molecule has 0 spiro atoms. The van der Waals surface area contributed by atoms with Crippen LogP contribution in [0.15, 0.2) is 6.07 Å². The van der Waals surface area contributed by atoms with Crippen molar-refractivity contribution in [1.29, 1.82) is 0 Å². The predicted molar refractivity (Wildman–Crippen MR) is 84.9 cm³/mol. The Morgan fingerprint density at radius 2 is 1.75 bits per heavy atom. The summed E-state index contributed by atoms with van der Waals surface area (Å²) in [7, 11) is 0. The van der Waals surface area contributed by atoms with Crippen LogP contribution in [-0.2, 0) is 0 Å². The summed E-state index contributed by atoms with van der Waals surface area (Å²) in [5.74, 6) is 0.0526. The fraction of sp³-hybridized carbons (Fsp3) is 0.706. The van der Waals surface area contributed by atoms with Crippen LogP contribution >= 0.6 is 11.6 Å². The first-order valence-electron chi connectivity index (χ1n) is 7.89. The van der Waals surface area contributed by atoms with Crippen molar-refractivity contribution in [1.82, 2.24) is 4.57 Å². The van der Waals surface area contributed by atoms with Gasteiger partial charge >= 0.3 is 0 Å². The topological polar surface area (TPSA) is 22.0 Å². The zero-order chi connectivity index (χ0) is 14.7. The standard InChI is InChI=1S/C17H26ClNO/c1-12-11-16(17(20)13(2)18)14(3)19(12)15-9-7-5-4-6-8-10-15/h11,13,15H,4-10H2,1-3H3. The van der Waals surface area contributed by atoms with E-state index in [1.807, 2.05) is 6.07 Å². The molecule has 3 heteroatoms. The highest BCUT2D eigenvalue weighted by atomic mass is 35.5. The Morgan fingerprint density at radius 3 is 2.30 bits per heavy atom. The first-order chi connectivity index (χ1) is 9.52. The zero-order valence-corrected chi connectivity index (χ0v) is 13.7. The fourth-order valence-electron chi connectivity index (χ4n) is 3.50. The van der Waals surface area contributed by atoms with Crippen molar-refractivity contribution in [2.75, 3.05) is 0 Å². The normalized spacial score (nSPS) is 19.4. The number of Topliss-reactive ketones (excluding diaryl/α,β-unsaturated/α-hetero) is 1. The van der Waals surface area contributed by atoms with Gasteiger partial charge in [0.25, 0.3) is 0 Å². The summed E-state index contributed by atoms with van der Waals surface area (Å²) in [6.07, 6.45) is 9.15. The lowest BCUT2D eigenvalue weighted by molar-refractivity contribution is 0.0991. The van der Waals surface area contributed by atoms with Gasteiger partial charge in [-0.3, -0.25) is 4.79 Å². The summed E-state index contributed by atoms with van der Waals surface area (Å²) >= 11 is 5.97. The van der Waals surface area contributed by atoms with E-state index in [-0.39, 0.29) is 5.78 Å². The highest BCUT2D eigenvalue weighted by Gasteiger charge is 2.23. The van der Waals surface area contributed by atoms with Crippen LogP contribution in [0.4, 0.5) is 0 Å². The summed E-state index contributed by atoms with van der Waals surface area (Å²) in [6, 6.07) is 2.58. The minimum Gasteiger partial charge on any atom is -0.345 e. The van der Waals surface area contributed by atoms with Gasteiger partial charge < -0.3 is 4.57 Å². The summed E-state index contributed by atoms with van der Waals surface area (Å²) < 4.78 is 2.39. The van der Waals surface area contributed by atoms with E-state index in [9.17, 15) is 4.79 Å². The second-order valence-electron chi connectivity index (χ2n) is 6.13. The van der Waals surface area contributed by atoms with Crippen LogP contribution < -0.4 is 0 Å². The molecule has 0 aromatic carbocycles. The molecule has 20 heavy (non-hydrogen) atoms. The molecule has 1 unspecified atom stereocenters. The van der Waals surface area contributed by atoms with Gasteiger partial charge in [0, 0.05) is 23.0 Å². The van der Waals surface area contributed by atoms with Gasteiger partial charge in [0.2, 0.25) is 0 Å². The number of aryl methyl sites for hydroxylation is 1. The van der Waals surface area contributed by atoms with E-state index in [2.05, 4.69) is 18.4 Å². The number of ketones is 1. The van der Waals surface area contributed by atoms with Crippen molar-refractivity contribution in [2.45, 2.75) is 77.1 Å². The summed E-state index contributed by atoms with van der Waals surface area (Å²) in [6.45, 7) is 5.94. The molecule has 0 bridgehead atoms. The quantitative estimate of drug-likeness (QED) is 0.555. The van der Waals surface area contributed by atoms with Crippen LogP contribution in [0.3, 0.4) is 0 Å². The van der Waals surface area contributed by atoms with E-state index in [1.54, 1.807) is 6.92 Å². The second kappa shape index (κ2) is 6.80. The van der Waals surface area contributed by atoms with Crippen LogP contribution in [-0.4, -0.2) is 15.7 Å². The number of alkyl halides is 1. The van der Waals surface area contributed by atoms with Gasteiger partial charge in [0.1, 0.15) is 0 Å². The number of rotatable bonds is 3. The van der Waals surface area contributed by atoms with Crippen molar-refractivity contribution < 1.29 is 4.79 Å². The average Bonchev–Trinajstić information content (AvgIpc) is 2.64. The average molecular weight is 296 g/mol. The molecular weight excluding hydrogens is 270 g/mol. The molecule has 1 aromatic heterocycles. The summed E-state index contributed by atoms with van der Waals surface area (Å²) in [5, 5.41) is -0.443. The van der Waals surface area contributed by atoms with Crippen molar-refractivity contribution >= 4 is 17.4 Å². The first kappa shape index (κ1) is 15.6. The van der Waals surface area contributed by atoms with Gasteiger partial charge in [-0.1, -0.05) is 32.1 Å². The fourth-order valence-corrected chi connectivity index (χ4v) is 3.61. The maximum Gasteiger partial charge on any atom is 0.182 e. The van der Waals surface area contributed by atoms with Crippen LogP contribution in [0.25, 0.3) is 0 Å². The van der Waals surface area contributed by atoms with Gasteiger partial charge in [0.15, 0.2) is 5.78 Å². The molecule has 2 nitrogen and oxygen atoms in total. The molecule has 1 aliphatic rings. The van der Waals surface area contributed by atoms with Gasteiger partial charge in [-0.2, -0.15) is 0 Å². The van der Waals surface area contributed by atoms with Gasteiger partial charge in [-0.05, 0) is 39.7 Å². The highest BCUT2D eigenvalue weighted by molar-refractivity contribution is 6.33. The minimum absolute atomic E-state index is 0.0526. The van der Waals surface area contributed by atoms with Crippen molar-refractivity contribution in [3.63, 3.8) is 0 Å². The number of nitrogens with zero attached hydrogens (tertiary/aromatic N) is 1. The second-order valence-corrected chi connectivity index (χ2v) is 6.79. The summed E-state index contributed by atoms with van der Waals surface area (Å²) in [4.78, 5) is 12.2. The third-order valence-electron chi connectivity index (χ3n) is 4.55. The van der Waals surface area contributed by atoms with E-state index >= 15 is 0 Å². The smallest absolute Gasteiger partial charge is 0.182 e. The van der Waals surface area contributed by atoms with Crippen LogP contribution in [0.1, 0.15) is 79.7 Å². The lowest BCUT2D eigenvalue weighted by atomic mass is 9.96. The Labute approximate surface area is 127 Å². The molecule has 0 aliphatic heterocycles. The molecule has 1 aliphatic carbocycles. The molecule has 1 saturated carbocycles. The van der Waals surface area contributed by atoms with Crippen LogP contribution in [0, 0.1) is 13.8 Å². The van der Waals surface area contributed by atoms with Gasteiger partial charge in [-0.15, -0.1) is 11.6 Å². The first-order valence-corrected chi connectivity index (χ1v) is 8.32. The molecule has 1 atom stereocenters. The number of aromatic nitrogens is 1. The van der Waals surface area contributed by atoms with E-state index < -0.39 is 5.38 Å². The predicted octanol–water partition coefficient (Wildman–Crippen LogP) is 5.20. The number of carbonyl (C=O) groups is 1. The van der Waals surface area contributed by atoms with Crippen LogP contribution in [0.5, 0.6) is 0 Å². The van der Waals surface area contributed by atoms with E-state index in [0.29, 0.717) is 6.04 Å². The van der Waals surface area contributed by atoms with E-state index in [4.69, 9.17) is 11.6 Å². The zero-order valence-electron chi connectivity index (χ0n) is 12.9. The summed E-state index contributed by atoms with van der Waals surface area (Å²) in [5.41, 5.74) is 3.12. The molecular formula is C17H26ClNO. The van der Waals surface area contributed by atoms with Crippen LogP contribution in [0.2, 0.25) is 0 Å². The van der Waals surface area contributed by atoms with E-state index in [0.717, 1.165) is 11.3 Å². The Bertz CT molecular complexity index is 468. The molecule has 1 fully saturated rings. The third-order valence-corrected chi connectivity index (χ3v) is 4.75. The Morgan fingerprint density at radius 1 is 1.20 bits per heavy atom. The SMILES string of the molecule is Cc1cc(C(=O)C(C)Cl)c(C)n1C1CCCCCCC1. The largest absolute Gasteiger partial charge is 0.345 e. The Balaban J connectivity index is 2.29. The van der Waals surface area contributed by atoms with Crippen molar-refractivity contribution in [2.24, 2.45) is 0 Å². The van der Waals surface area contributed by atoms with E-state index in [1.165, 1.54) is 50.6 Å². The molecule has 112 valence electrons. The molecule has 0 saturated heterocycles. The molecule has 0 radical (unpaired) electrons. The Hall–Kier alpha value is -0.760. The minimum atomic E-state index is -0.443. The molecule has 0 amide bonds. The maximum atomic E-state index is 12.2. The Kier molecular flexibility index (Phi) is 5.31. The number of hydrogen-bond donors (Lipinski definition) is 0. The van der Waals surface area contributed by atoms with Gasteiger partial charge in [-0.25, -0.2) is 0 Å². The number of hydrogen-bond acceptors (Lipinski definition) is 1. The lowest BCUT2D eigenvalue weighted by Crippen LogP contribution is -2.16.